The number of urea groups is 1. The third kappa shape index (κ3) is 5.18. The summed E-state index contributed by atoms with van der Waals surface area (Å²) < 4.78 is 120. The van der Waals surface area contributed by atoms with Gasteiger partial charge in [-0.3, -0.25) is 4.79 Å². The Morgan fingerprint density at radius 3 is 1.76 bits per heavy atom. The molecule has 0 aromatic heterocycles. The van der Waals surface area contributed by atoms with Crippen molar-refractivity contribution in [1.29, 1.82) is 0 Å². The first-order chi connectivity index (χ1) is 19.3. The van der Waals surface area contributed by atoms with Crippen molar-refractivity contribution >= 4 is 21.8 Å². The molecular weight excluding hydrogens is 599 g/mol. The monoisotopic (exact) mass is 625 g/mol. The van der Waals surface area contributed by atoms with Crippen molar-refractivity contribution in [1.82, 2.24) is 14.7 Å². The number of piperazine rings is 1. The number of amides is 3. The number of benzene rings is 2. The van der Waals surface area contributed by atoms with Gasteiger partial charge in [-0.05, 0) is 36.2 Å². The lowest BCUT2D eigenvalue weighted by Crippen LogP contribution is -2.54. The van der Waals surface area contributed by atoms with E-state index in [0.29, 0.717) is 12.1 Å². The molecule has 42 heavy (non-hydrogen) atoms. The summed E-state index contributed by atoms with van der Waals surface area (Å²) in [5.74, 6) is -0.932. The lowest BCUT2D eigenvalue weighted by Gasteiger charge is -2.37. The predicted octanol–water partition coefficient (Wildman–Crippen LogP) is 3.80. The molecule has 230 valence electrons. The van der Waals surface area contributed by atoms with Crippen LogP contribution in [0.5, 0.6) is 0 Å². The van der Waals surface area contributed by atoms with Gasteiger partial charge in [-0.1, -0.05) is 24.3 Å². The Hall–Kier alpha value is -3.40. The number of sulfone groups is 1. The van der Waals surface area contributed by atoms with Crippen LogP contribution in [0.3, 0.4) is 0 Å². The van der Waals surface area contributed by atoms with Gasteiger partial charge in [-0.15, -0.1) is 0 Å². The molecule has 2 saturated heterocycles. The Morgan fingerprint density at radius 1 is 0.786 bits per heavy atom. The summed E-state index contributed by atoms with van der Waals surface area (Å²) >= 11 is 0. The number of rotatable bonds is 4. The van der Waals surface area contributed by atoms with Crippen LogP contribution in [0.2, 0.25) is 0 Å². The zero-order chi connectivity index (χ0) is 31.3. The molecule has 0 spiro atoms. The van der Waals surface area contributed by atoms with Gasteiger partial charge in [0.2, 0.25) is 5.91 Å². The highest BCUT2D eigenvalue weighted by Crippen LogP contribution is 2.51. The minimum Gasteiger partial charge on any atom is -0.369 e. The number of hydrogen-bond acceptors (Lipinski definition) is 5. The van der Waals surface area contributed by atoms with Crippen LogP contribution in [0.1, 0.15) is 24.5 Å². The number of likely N-dealkylation sites (tertiary alicyclic amines) is 1. The van der Waals surface area contributed by atoms with Crippen LogP contribution in [0.4, 0.5) is 35.5 Å². The minimum absolute atomic E-state index is 0.136. The molecule has 2 aromatic rings. The maximum absolute atomic E-state index is 14.0. The van der Waals surface area contributed by atoms with Crippen LogP contribution in [0.15, 0.2) is 53.4 Å². The van der Waals surface area contributed by atoms with Gasteiger partial charge in [0.25, 0.3) is 5.60 Å². The van der Waals surface area contributed by atoms with Gasteiger partial charge in [0.05, 0.1) is 4.90 Å². The second-order valence-corrected chi connectivity index (χ2v) is 12.4. The maximum Gasteiger partial charge on any atom is 0.430 e. The molecule has 4 rings (SSSR count). The van der Waals surface area contributed by atoms with Crippen molar-refractivity contribution in [2.75, 3.05) is 39.3 Å². The maximum atomic E-state index is 14.0. The second-order valence-electron chi connectivity index (χ2n) is 10.2. The van der Waals surface area contributed by atoms with Crippen LogP contribution < -0.4 is 0 Å². The first kappa shape index (κ1) is 31.5. The first-order valence-electron chi connectivity index (χ1n) is 12.6. The van der Waals surface area contributed by atoms with E-state index in [4.69, 9.17) is 0 Å². The fraction of sp³-hybridized carbons (Fsp3) is 0.462. The molecule has 2 aromatic carbocycles. The van der Waals surface area contributed by atoms with E-state index in [-0.39, 0.29) is 55.5 Å². The average molecular weight is 626 g/mol. The average Bonchev–Trinajstić information content (AvgIpc) is 3.39. The van der Waals surface area contributed by atoms with Crippen LogP contribution in [-0.4, -0.2) is 91.8 Å². The molecule has 16 heteroatoms. The molecule has 0 bridgehead atoms. The number of carbonyl (C=O) groups excluding carboxylic acids is 2. The number of halogens is 7. The molecule has 1 N–H and O–H groups in total. The van der Waals surface area contributed by atoms with E-state index in [2.05, 4.69) is 0 Å². The molecule has 2 heterocycles. The van der Waals surface area contributed by atoms with Gasteiger partial charge < -0.3 is 19.8 Å². The molecular formula is C26H26F7N3O5S. The molecule has 1 atom stereocenters. The zero-order valence-corrected chi connectivity index (χ0v) is 22.9. The van der Waals surface area contributed by atoms with E-state index in [1.165, 1.54) is 21.6 Å². The number of aliphatic hydroxyl groups is 1. The third-order valence-electron chi connectivity index (χ3n) is 7.79. The number of alkyl halides is 6. The molecule has 2 fully saturated rings. The summed E-state index contributed by atoms with van der Waals surface area (Å²) in [6.07, 6.45) is -12.6. The van der Waals surface area contributed by atoms with Crippen molar-refractivity contribution in [3.05, 3.63) is 65.5 Å². The molecule has 0 aliphatic carbocycles. The molecule has 3 amide bonds. The van der Waals surface area contributed by atoms with E-state index in [1.807, 2.05) is 0 Å². The topological polar surface area (TPSA) is 98.2 Å². The first-order valence-corrected chi connectivity index (χ1v) is 14.1. The van der Waals surface area contributed by atoms with Gasteiger partial charge in [0.15, 0.2) is 9.84 Å². The van der Waals surface area contributed by atoms with Crippen molar-refractivity contribution in [3.63, 3.8) is 0 Å². The van der Waals surface area contributed by atoms with Crippen molar-refractivity contribution in [3.8, 4) is 0 Å². The van der Waals surface area contributed by atoms with Crippen LogP contribution >= 0.6 is 0 Å². The van der Waals surface area contributed by atoms with E-state index < -0.39 is 56.5 Å². The zero-order valence-electron chi connectivity index (χ0n) is 22.0. The van der Waals surface area contributed by atoms with E-state index in [9.17, 15) is 53.8 Å². The van der Waals surface area contributed by atoms with Crippen molar-refractivity contribution < 1.29 is 53.8 Å². The van der Waals surface area contributed by atoms with Crippen molar-refractivity contribution in [2.24, 2.45) is 0 Å². The third-order valence-corrected chi connectivity index (χ3v) is 10.3. The summed E-state index contributed by atoms with van der Waals surface area (Å²) in [5.41, 5.74) is -7.02. The van der Waals surface area contributed by atoms with Crippen LogP contribution in [0, 0.1) is 5.82 Å². The summed E-state index contributed by atoms with van der Waals surface area (Å²) in [6, 6.07) is 5.33. The van der Waals surface area contributed by atoms with Crippen LogP contribution in [0.25, 0.3) is 0 Å². The summed E-state index contributed by atoms with van der Waals surface area (Å²) in [6.45, 7) is 1.54. The summed E-state index contributed by atoms with van der Waals surface area (Å²) in [4.78, 5) is 28.7. The Bertz CT molecular complexity index is 1420. The summed E-state index contributed by atoms with van der Waals surface area (Å²) in [7, 11) is -4.53. The highest BCUT2D eigenvalue weighted by molar-refractivity contribution is 7.92. The standard InChI is InChI=1S/C26H26F7N3O5S/c1-17(37)34-12-14-35(15-13-34)22(38)36-11-10-23(16-36,42(40,41)21-8-6-20(27)7-9-21)18-2-4-19(5-3-18)24(39,25(28,29)30)26(31,32)33/h2-9,39H,10-16H2,1H3/t23-/m0/s1. The number of carbonyl (C=O) groups is 2. The molecule has 0 saturated carbocycles. The van der Waals surface area contributed by atoms with E-state index >= 15 is 0 Å². The SMILES string of the molecule is CC(=O)N1CCN(C(=O)N2CC[C@](c3ccc(C(O)(C(F)(F)F)C(F)(F)F)cc3)(S(=O)(=O)c3ccc(F)cc3)C2)CC1. The molecule has 8 nitrogen and oxygen atoms in total. The van der Waals surface area contributed by atoms with E-state index in [1.54, 1.807) is 0 Å². The fourth-order valence-electron chi connectivity index (χ4n) is 5.31. The lowest BCUT2D eigenvalue weighted by molar-refractivity contribution is -0.376. The van der Waals surface area contributed by atoms with Gasteiger partial charge in [-0.25, -0.2) is 17.6 Å². The smallest absolute Gasteiger partial charge is 0.369 e. The Labute approximate surface area is 236 Å². The van der Waals surface area contributed by atoms with Crippen molar-refractivity contribution in [2.45, 2.75) is 40.9 Å². The molecule has 2 aliphatic rings. The molecule has 0 radical (unpaired) electrons. The number of hydrogen-bond donors (Lipinski definition) is 1. The normalized spacial score (nSPS) is 20.6. The highest BCUT2D eigenvalue weighted by Gasteiger charge is 2.71. The number of nitrogens with zero attached hydrogens (tertiary/aromatic N) is 3. The fourth-order valence-corrected chi connectivity index (χ4v) is 7.39. The van der Waals surface area contributed by atoms with Gasteiger partial charge in [0, 0.05) is 51.8 Å². The second kappa shape index (κ2) is 10.7. The quantitative estimate of drug-likeness (QED) is 0.412. The summed E-state index contributed by atoms with van der Waals surface area (Å²) in [5, 5.41) is 9.77. The Balaban J connectivity index is 1.74. The van der Waals surface area contributed by atoms with Gasteiger partial charge in [-0.2, -0.15) is 26.3 Å². The highest BCUT2D eigenvalue weighted by atomic mass is 32.2. The van der Waals surface area contributed by atoms with Crippen LogP contribution in [-0.2, 0) is 25.0 Å². The van der Waals surface area contributed by atoms with E-state index in [0.717, 1.165) is 36.4 Å². The van der Waals surface area contributed by atoms with Gasteiger partial charge >= 0.3 is 18.4 Å². The predicted molar refractivity (Wildman–Crippen MR) is 133 cm³/mol. The Kier molecular flexibility index (Phi) is 8.04. The largest absolute Gasteiger partial charge is 0.430 e. The minimum atomic E-state index is -6.15. The molecule has 2 aliphatic heterocycles. The molecule has 0 unspecified atom stereocenters. The van der Waals surface area contributed by atoms with Gasteiger partial charge in [0.1, 0.15) is 10.6 Å². The Morgan fingerprint density at radius 2 is 1.29 bits per heavy atom. The lowest BCUT2D eigenvalue weighted by atomic mass is 9.89.